The van der Waals surface area contributed by atoms with E-state index in [2.05, 4.69) is 18.9 Å². The van der Waals surface area contributed by atoms with E-state index in [4.69, 9.17) is 6.42 Å². The van der Waals surface area contributed by atoms with Crippen molar-refractivity contribution < 1.29 is 14.6 Å². The van der Waals surface area contributed by atoms with Gasteiger partial charge in [0.15, 0.2) is 5.60 Å². The second-order valence-electron chi connectivity index (χ2n) is 8.62. The first-order valence-electron chi connectivity index (χ1n) is 9.51. The maximum atomic E-state index is 14.8. The first-order valence-corrected chi connectivity index (χ1v) is 9.51. The Morgan fingerprint density at radius 3 is 2.84 bits per heavy atom. The van der Waals surface area contributed by atoms with Crippen molar-refractivity contribution in [3.8, 4) is 18.1 Å². The van der Waals surface area contributed by atoms with Gasteiger partial charge in [-0.05, 0) is 72.6 Å². The summed E-state index contributed by atoms with van der Waals surface area (Å²) in [4.78, 5) is 0. The molecule has 1 aromatic rings. The highest BCUT2D eigenvalue weighted by molar-refractivity contribution is 5.41. The average molecular weight is 341 g/mol. The van der Waals surface area contributed by atoms with Crippen LogP contribution < -0.4 is 0 Å². The lowest BCUT2D eigenvalue weighted by atomic mass is 9.49. The maximum absolute atomic E-state index is 14.8. The summed E-state index contributed by atoms with van der Waals surface area (Å²) in [6.07, 6.45) is 8.28. The van der Waals surface area contributed by atoms with Crippen LogP contribution in [-0.2, 0) is 6.42 Å². The monoisotopic (exact) mass is 341 g/mol. The summed E-state index contributed by atoms with van der Waals surface area (Å²) in [5, 5.41) is 20.8. The standard InChI is InChI=1S/C22H27FO2/c1-4-13-12-21(3)18(11-19(23)22(21,25)5-2)17-8-6-14-10-15(24)7-9-16(14)20(13)17/h2,7,9-10,13,17-20,24-25H,4,6,8,11-12H2,1,3H3/t13-,17-,18-,19+,20+,21-,22+/m0/s1/i23-1. The van der Waals surface area contributed by atoms with Gasteiger partial charge in [-0.3, -0.25) is 0 Å². The van der Waals surface area contributed by atoms with Crippen LogP contribution in [0.2, 0.25) is 0 Å². The summed E-state index contributed by atoms with van der Waals surface area (Å²) >= 11 is 0. The topological polar surface area (TPSA) is 40.5 Å². The number of halogens is 1. The van der Waals surface area contributed by atoms with Gasteiger partial charge in [0, 0.05) is 5.41 Å². The average Bonchev–Trinajstić information content (AvgIpc) is 2.81. The van der Waals surface area contributed by atoms with Crippen molar-refractivity contribution in [1.82, 2.24) is 0 Å². The van der Waals surface area contributed by atoms with E-state index in [1.807, 2.05) is 13.0 Å². The number of aromatic hydroxyl groups is 1. The number of phenols is 1. The van der Waals surface area contributed by atoms with Crippen molar-refractivity contribution in [2.75, 3.05) is 0 Å². The molecule has 0 unspecified atom stereocenters. The van der Waals surface area contributed by atoms with Gasteiger partial charge in [-0.2, -0.15) is 0 Å². The van der Waals surface area contributed by atoms with Gasteiger partial charge in [0.1, 0.15) is 11.9 Å². The Hall–Kier alpha value is -1.53. The molecule has 0 aliphatic heterocycles. The maximum Gasteiger partial charge on any atom is 0.161 e. The molecule has 0 spiro atoms. The molecule has 3 aliphatic rings. The van der Waals surface area contributed by atoms with Gasteiger partial charge in [-0.15, -0.1) is 6.42 Å². The summed E-state index contributed by atoms with van der Waals surface area (Å²) in [7, 11) is 0. The normalized spacial score (nSPS) is 45.2. The largest absolute Gasteiger partial charge is 0.508 e. The van der Waals surface area contributed by atoms with E-state index >= 15 is 0 Å². The van der Waals surface area contributed by atoms with Crippen LogP contribution >= 0.6 is 0 Å². The van der Waals surface area contributed by atoms with Crippen LogP contribution in [0.25, 0.3) is 0 Å². The first kappa shape index (κ1) is 16.9. The molecule has 2 fully saturated rings. The molecule has 0 heterocycles. The molecular formula is C22H27FO2. The number of aliphatic hydroxyl groups is 1. The van der Waals surface area contributed by atoms with Crippen LogP contribution in [0, 0.1) is 35.5 Å². The first-order chi connectivity index (χ1) is 11.9. The lowest BCUT2D eigenvalue weighted by Gasteiger charge is -2.55. The van der Waals surface area contributed by atoms with Gasteiger partial charge in [0.25, 0.3) is 0 Å². The molecule has 0 bridgehead atoms. The Morgan fingerprint density at radius 2 is 2.16 bits per heavy atom. The number of fused-ring (bicyclic) bond motifs is 5. The van der Waals surface area contributed by atoms with E-state index in [-0.39, 0.29) is 5.92 Å². The van der Waals surface area contributed by atoms with Crippen molar-refractivity contribution in [1.29, 1.82) is 0 Å². The highest BCUT2D eigenvalue weighted by Gasteiger charge is 2.67. The highest BCUT2D eigenvalue weighted by atomic mass is 18.2. The molecule has 134 valence electrons. The van der Waals surface area contributed by atoms with Gasteiger partial charge < -0.3 is 10.2 Å². The Balaban J connectivity index is 1.81. The molecule has 2 saturated carbocycles. The molecule has 0 amide bonds. The third kappa shape index (κ3) is 2.07. The van der Waals surface area contributed by atoms with E-state index in [0.717, 1.165) is 25.7 Å². The summed E-state index contributed by atoms with van der Waals surface area (Å²) in [6.45, 7) is 4.19. The van der Waals surface area contributed by atoms with Crippen LogP contribution in [0.1, 0.15) is 56.6 Å². The second kappa shape index (κ2) is 5.48. The molecule has 3 aliphatic carbocycles. The molecule has 3 heteroatoms. The lowest BCUT2D eigenvalue weighted by molar-refractivity contribution is -0.100. The van der Waals surface area contributed by atoms with Gasteiger partial charge in [-0.25, -0.2) is 4.39 Å². The minimum absolute atomic E-state index is 0.110. The lowest BCUT2D eigenvalue weighted by Crippen LogP contribution is -2.54. The number of benzene rings is 1. The number of hydrogen-bond donors (Lipinski definition) is 2. The van der Waals surface area contributed by atoms with Crippen LogP contribution in [0.15, 0.2) is 18.2 Å². The molecule has 1 aromatic carbocycles. The summed E-state index contributed by atoms with van der Waals surface area (Å²) in [5.41, 5.74) is 0.336. The second-order valence-corrected chi connectivity index (χ2v) is 8.62. The number of terminal acetylenes is 1. The number of aryl methyl sites for hydroxylation is 1. The quantitative estimate of drug-likeness (QED) is 0.752. The smallest absolute Gasteiger partial charge is 0.161 e. The third-order valence-corrected chi connectivity index (χ3v) is 7.75. The zero-order valence-corrected chi connectivity index (χ0v) is 15.0. The van der Waals surface area contributed by atoms with E-state index in [9.17, 15) is 14.6 Å². The summed E-state index contributed by atoms with van der Waals surface area (Å²) < 4.78 is 14.8. The molecule has 2 nitrogen and oxygen atoms in total. The fourth-order valence-electron chi connectivity index (χ4n) is 6.49. The van der Waals surface area contributed by atoms with E-state index in [1.165, 1.54) is 11.1 Å². The van der Waals surface area contributed by atoms with Gasteiger partial charge in [0.05, 0.1) is 0 Å². The van der Waals surface area contributed by atoms with Crippen LogP contribution in [0.5, 0.6) is 5.75 Å². The van der Waals surface area contributed by atoms with Crippen LogP contribution in [0.3, 0.4) is 0 Å². The summed E-state index contributed by atoms with van der Waals surface area (Å²) in [6, 6.07) is 5.71. The fraction of sp³-hybridized carbons (Fsp3) is 0.636. The molecule has 4 rings (SSSR count). The highest BCUT2D eigenvalue weighted by Crippen LogP contribution is 2.66. The Kier molecular flexibility index (Phi) is 3.71. The van der Waals surface area contributed by atoms with E-state index in [0.29, 0.717) is 29.9 Å². The molecule has 0 aromatic heterocycles. The van der Waals surface area contributed by atoms with Crippen molar-refractivity contribution in [3.05, 3.63) is 29.3 Å². The Labute approximate surface area is 149 Å². The predicted molar refractivity (Wildman–Crippen MR) is 95.9 cm³/mol. The molecule has 7 atom stereocenters. The summed E-state index contributed by atoms with van der Waals surface area (Å²) in [5.74, 6) is 3.97. The zero-order chi connectivity index (χ0) is 18.0. The predicted octanol–water partition coefficient (Wildman–Crippen LogP) is 4.20. The molecule has 0 saturated heterocycles. The van der Waals surface area contributed by atoms with Crippen molar-refractivity contribution in [2.45, 2.75) is 63.6 Å². The Bertz CT molecular complexity index is 738. The fourth-order valence-corrected chi connectivity index (χ4v) is 6.49. The van der Waals surface area contributed by atoms with Gasteiger partial charge >= 0.3 is 0 Å². The van der Waals surface area contributed by atoms with Gasteiger partial charge in [0.2, 0.25) is 0 Å². The molecule has 25 heavy (non-hydrogen) atoms. The van der Waals surface area contributed by atoms with E-state index < -0.39 is 17.2 Å². The van der Waals surface area contributed by atoms with Crippen LogP contribution in [0.4, 0.5) is 4.39 Å². The SMILES string of the molecule is C#C[C@@]1(O)[C@H]([18F])C[C@H]2[C@@H]3CCc4cc(O)ccc4[C@H]3[C@@H](CC)C[C@@]21C. The minimum Gasteiger partial charge on any atom is -0.508 e. The Morgan fingerprint density at radius 1 is 1.40 bits per heavy atom. The van der Waals surface area contributed by atoms with Crippen LogP contribution in [-0.4, -0.2) is 22.0 Å². The number of phenolic OH excluding ortho intramolecular Hbond substituents is 1. The number of alkyl halides is 1. The molecule has 0 radical (unpaired) electrons. The minimum atomic E-state index is -1.65. The number of hydrogen-bond acceptors (Lipinski definition) is 2. The van der Waals surface area contributed by atoms with Crippen molar-refractivity contribution >= 4 is 0 Å². The van der Waals surface area contributed by atoms with Crippen molar-refractivity contribution in [2.24, 2.45) is 23.2 Å². The third-order valence-electron chi connectivity index (χ3n) is 7.75. The van der Waals surface area contributed by atoms with Crippen molar-refractivity contribution in [3.63, 3.8) is 0 Å². The number of rotatable bonds is 1. The molecular weight excluding hydrogens is 314 g/mol. The van der Waals surface area contributed by atoms with Gasteiger partial charge in [-0.1, -0.05) is 32.3 Å². The van der Waals surface area contributed by atoms with E-state index in [1.54, 1.807) is 6.07 Å². The zero-order valence-electron chi connectivity index (χ0n) is 15.0. The molecule has 2 N–H and O–H groups in total.